The van der Waals surface area contributed by atoms with Gasteiger partial charge in [-0.25, -0.2) is 0 Å². The molecule has 1 aliphatic heterocycles. The highest BCUT2D eigenvalue weighted by Crippen LogP contribution is 2.20. The molecule has 0 radical (unpaired) electrons. The number of oxazole rings is 1. The van der Waals surface area contributed by atoms with Gasteiger partial charge in [-0.2, -0.15) is 4.98 Å². The lowest BCUT2D eigenvalue weighted by atomic mass is 10.1. The zero-order valence-corrected chi connectivity index (χ0v) is 8.85. The second kappa shape index (κ2) is 4.63. The van der Waals surface area contributed by atoms with Crippen molar-refractivity contribution in [2.45, 2.75) is 25.6 Å². The van der Waals surface area contributed by atoms with E-state index in [1.54, 1.807) is 7.11 Å². The molecular formula is C10H16N2O3. The van der Waals surface area contributed by atoms with E-state index in [0.717, 1.165) is 25.9 Å². The normalized spacial score (nSPS) is 18.4. The number of methoxy groups -OCH3 is 1. The Morgan fingerprint density at radius 1 is 1.60 bits per heavy atom. The molecule has 1 fully saturated rings. The highest BCUT2D eigenvalue weighted by Gasteiger charge is 2.21. The molecule has 5 heteroatoms. The Labute approximate surface area is 88.7 Å². The number of anilines is 1. The molecule has 0 spiro atoms. The van der Waals surface area contributed by atoms with Crippen molar-refractivity contribution in [2.75, 3.05) is 25.1 Å². The number of aliphatic hydroxyl groups is 1. The third-order valence-electron chi connectivity index (χ3n) is 2.75. The number of nitrogens with zero attached hydrogens (tertiary/aromatic N) is 2. The van der Waals surface area contributed by atoms with Crippen molar-refractivity contribution >= 4 is 6.01 Å². The molecule has 1 saturated heterocycles. The van der Waals surface area contributed by atoms with E-state index < -0.39 is 0 Å². The Balaban J connectivity index is 1.95. The first kappa shape index (κ1) is 10.4. The molecule has 15 heavy (non-hydrogen) atoms. The standard InChI is InChI=1S/C10H16N2O3/c1-14-9-2-4-12(5-3-9)10-11-8(6-13)7-15-10/h7,9,13H,2-6H2,1H3. The van der Waals surface area contributed by atoms with Crippen molar-refractivity contribution in [3.63, 3.8) is 0 Å². The lowest BCUT2D eigenvalue weighted by Gasteiger charge is -2.29. The van der Waals surface area contributed by atoms with Crippen LogP contribution in [0.1, 0.15) is 18.5 Å². The van der Waals surface area contributed by atoms with Gasteiger partial charge >= 0.3 is 0 Å². The van der Waals surface area contributed by atoms with Crippen molar-refractivity contribution in [2.24, 2.45) is 0 Å². The molecule has 1 aliphatic rings. The molecule has 0 unspecified atom stereocenters. The summed E-state index contributed by atoms with van der Waals surface area (Å²) in [5.74, 6) is 0. The van der Waals surface area contributed by atoms with Gasteiger partial charge in [0, 0.05) is 20.2 Å². The fourth-order valence-electron chi connectivity index (χ4n) is 1.80. The molecule has 1 aromatic heterocycles. The third-order valence-corrected chi connectivity index (χ3v) is 2.75. The molecule has 2 heterocycles. The van der Waals surface area contributed by atoms with E-state index in [2.05, 4.69) is 9.88 Å². The Kier molecular flexibility index (Phi) is 3.23. The summed E-state index contributed by atoms with van der Waals surface area (Å²) in [7, 11) is 1.75. The van der Waals surface area contributed by atoms with Crippen LogP contribution >= 0.6 is 0 Å². The SMILES string of the molecule is COC1CCN(c2nc(CO)co2)CC1. The molecular weight excluding hydrogens is 196 g/mol. The van der Waals surface area contributed by atoms with Crippen molar-refractivity contribution < 1.29 is 14.3 Å². The van der Waals surface area contributed by atoms with E-state index in [-0.39, 0.29) is 6.61 Å². The van der Waals surface area contributed by atoms with Crippen molar-refractivity contribution in [3.05, 3.63) is 12.0 Å². The van der Waals surface area contributed by atoms with Gasteiger partial charge < -0.3 is 19.2 Å². The Bertz CT molecular complexity index is 305. The van der Waals surface area contributed by atoms with Crippen LogP contribution in [0.25, 0.3) is 0 Å². The van der Waals surface area contributed by atoms with E-state index in [1.807, 2.05) is 0 Å². The van der Waals surface area contributed by atoms with Gasteiger partial charge in [0.05, 0.1) is 12.7 Å². The van der Waals surface area contributed by atoms with Gasteiger partial charge in [-0.3, -0.25) is 0 Å². The van der Waals surface area contributed by atoms with Crippen LogP contribution in [0.5, 0.6) is 0 Å². The summed E-state index contributed by atoms with van der Waals surface area (Å²) < 4.78 is 10.6. The Morgan fingerprint density at radius 3 is 2.87 bits per heavy atom. The fourth-order valence-corrected chi connectivity index (χ4v) is 1.80. The first-order chi connectivity index (χ1) is 7.33. The van der Waals surface area contributed by atoms with E-state index >= 15 is 0 Å². The van der Waals surface area contributed by atoms with Crippen molar-refractivity contribution in [1.29, 1.82) is 0 Å². The molecule has 0 amide bonds. The molecule has 1 aromatic rings. The predicted octanol–water partition coefficient (Wildman–Crippen LogP) is 0.782. The van der Waals surface area contributed by atoms with Crippen LogP contribution in [0, 0.1) is 0 Å². The predicted molar refractivity (Wildman–Crippen MR) is 54.7 cm³/mol. The smallest absolute Gasteiger partial charge is 0.297 e. The fraction of sp³-hybridized carbons (Fsp3) is 0.700. The first-order valence-electron chi connectivity index (χ1n) is 5.16. The maximum absolute atomic E-state index is 8.87. The van der Waals surface area contributed by atoms with E-state index in [9.17, 15) is 0 Å². The van der Waals surface area contributed by atoms with Crippen LogP contribution in [0.15, 0.2) is 10.7 Å². The summed E-state index contributed by atoms with van der Waals surface area (Å²) in [5.41, 5.74) is 0.582. The topological polar surface area (TPSA) is 58.7 Å². The van der Waals surface area contributed by atoms with Crippen LogP contribution in [0.3, 0.4) is 0 Å². The van der Waals surface area contributed by atoms with Crippen molar-refractivity contribution in [1.82, 2.24) is 4.98 Å². The summed E-state index contributed by atoms with van der Waals surface area (Å²) in [6.45, 7) is 1.71. The summed E-state index contributed by atoms with van der Waals surface area (Å²) in [5, 5.41) is 8.87. The van der Waals surface area contributed by atoms with Gasteiger partial charge in [-0.15, -0.1) is 0 Å². The van der Waals surface area contributed by atoms with Gasteiger partial charge in [0.2, 0.25) is 0 Å². The largest absolute Gasteiger partial charge is 0.432 e. The lowest BCUT2D eigenvalue weighted by Crippen LogP contribution is -2.36. The van der Waals surface area contributed by atoms with Crippen LogP contribution < -0.4 is 4.90 Å². The second-order valence-corrected chi connectivity index (χ2v) is 3.70. The van der Waals surface area contributed by atoms with Crippen LogP contribution in [0.2, 0.25) is 0 Å². The molecule has 5 nitrogen and oxygen atoms in total. The number of hydrogen-bond donors (Lipinski definition) is 1. The molecule has 84 valence electrons. The number of rotatable bonds is 3. The third kappa shape index (κ3) is 2.30. The zero-order chi connectivity index (χ0) is 10.7. The number of hydrogen-bond acceptors (Lipinski definition) is 5. The molecule has 0 bridgehead atoms. The van der Waals surface area contributed by atoms with Crippen LogP contribution in [-0.4, -0.2) is 36.4 Å². The van der Waals surface area contributed by atoms with Gasteiger partial charge in [-0.05, 0) is 12.8 Å². The van der Waals surface area contributed by atoms with Gasteiger partial charge in [0.1, 0.15) is 12.0 Å². The van der Waals surface area contributed by atoms with E-state index in [4.69, 9.17) is 14.3 Å². The summed E-state index contributed by atoms with van der Waals surface area (Å²) in [4.78, 5) is 6.25. The van der Waals surface area contributed by atoms with Gasteiger partial charge in [-0.1, -0.05) is 0 Å². The quantitative estimate of drug-likeness (QED) is 0.802. The monoisotopic (exact) mass is 212 g/mol. The number of aromatic nitrogens is 1. The minimum absolute atomic E-state index is 0.0714. The summed E-state index contributed by atoms with van der Waals surface area (Å²) in [6.07, 6.45) is 3.84. The van der Waals surface area contributed by atoms with E-state index in [1.165, 1.54) is 6.26 Å². The minimum Gasteiger partial charge on any atom is -0.432 e. The number of ether oxygens (including phenoxy) is 1. The molecule has 0 aromatic carbocycles. The average molecular weight is 212 g/mol. The highest BCUT2D eigenvalue weighted by molar-refractivity contribution is 5.27. The number of piperidine rings is 1. The molecule has 0 atom stereocenters. The lowest BCUT2D eigenvalue weighted by molar-refractivity contribution is 0.0811. The molecule has 0 saturated carbocycles. The minimum atomic E-state index is -0.0714. The maximum Gasteiger partial charge on any atom is 0.297 e. The second-order valence-electron chi connectivity index (χ2n) is 3.70. The summed E-state index contributed by atoms with van der Waals surface area (Å²) >= 11 is 0. The Hall–Kier alpha value is -1.07. The maximum atomic E-state index is 8.87. The average Bonchev–Trinajstić information content (AvgIpc) is 2.78. The van der Waals surface area contributed by atoms with Crippen LogP contribution in [-0.2, 0) is 11.3 Å². The summed E-state index contributed by atoms with van der Waals surface area (Å²) in [6, 6.07) is 0.605. The van der Waals surface area contributed by atoms with Crippen molar-refractivity contribution in [3.8, 4) is 0 Å². The Morgan fingerprint density at radius 2 is 2.33 bits per heavy atom. The van der Waals surface area contributed by atoms with Crippen LogP contribution in [0.4, 0.5) is 6.01 Å². The molecule has 2 rings (SSSR count). The van der Waals surface area contributed by atoms with E-state index in [0.29, 0.717) is 17.8 Å². The molecule has 0 aliphatic carbocycles. The number of aliphatic hydroxyl groups excluding tert-OH is 1. The first-order valence-corrected chi connectivity index (χ1v) is 5.16. The van der Waals surface area contributed by atoms with Gasteiger partial charge in [0.15, 0.2) is 0 Å². The molecule has 1 N–H and O–H groups in total. The van der Waals surface area contributed by atoms with Gasteiger partial charge in [0.25, 0.3) is 6.01 Å². The highest BCUT2D eigenvalue weighted by atomic mass is 16.5. The zero-order valence-electron chi connectivity index (χ0n) is 8.85.